The molecule has 162 valence electrons. The molecule has 0 atom stereocenters. The van der Waals surface area contributed by atoms with E-state index in [1.54, 1.807) is 11.3 Å². The van der Waals surface area contributed by atoms with E-state index in [-0.39, 0.29) is 0 Å². The number of hydrogen-bond donors (Lipinski definition) is 1. The monoisotopic (exact) mass is 442 g/mol. The first kappa shape index (κ1) is 20.7. The summed E-state index contributed by atoms with van der Waals surface area (Å²) in [6.07, 6.45) is 3.27. The fourth-order valence-electron chi connectivity index (χ4n) is 4.11. The average molecular weight is 443 g/mol. The van der Waals surface area contributed by atoms with Crippen molar-refractivity contribution in [3.05, 3.63) is 71.7 Å². The first-order valence-electron chi connectivity index (χ1n) is 10.9. The van der Waals surface area contributed by atoms with E-state index in [0.29, 0.717) is 6.42 Å². The molecular weight excluding hydrogens is 416 g/mol. The van der Waals surface area contributed by atoms with E-state index >= 15 is 0 Å². The average Bonchev–Trinajstić information content (AvgIpc) is 3.29. The number of anilines is 3. The molecule has 0 amide bonds. The lowest BCUT2D eigenvalue weighted by atomic mass is 10.1. The molecule has 2 aromatic heterocycles. The number of hydrogen-bond acceptors (Lipinski definition) is 6. The highest BCUT2D eigenvalue weighted by Crippen LogP contribution is 2.33. The maximum atomic E-state index is 10.8. The van der Waals surface area contributed by atoms with E-state index < -0.39 is 0 Å². The molecule has 1 aliphatic heterocycles. The number of aldehydes is 1. The molecule has 6 heteroatoms. The quantitative estimate of drug-likeness (QED) is 0.416. The SMILES string of the molecule is CN1CCN(c2ccc(Nc3ccnc4ccc(-c5ccc(CC=O)s5)cc34)cc2)CC1. The van der Waals surface area contributed by atoms with E-state index in [1.807, 2.05) is 18.3 Å². The Morgan fingerprint density at radius 3 is 2.59 bits per heavy atom. The van der Waals surface area contributed by atoms with Crippen LogP contribution in [0.2, 0.25) is 0 Å². The summed E-state index contributed by atoms with van der Waals surface area (Å²) in [5, 5.41) is 4.66. The molecule has 0 radical (unpaired) electrons. The maximum Gasteiger partial charge on any atom is 0.125 e. The van der Waals surface area contributed by atoms with Gasteiger partial charge in [0.25, 0.3) is 0 Å². The van der Waals surface area contributed by atoms with Crippen LogP contribution in [-0.4, -0.2) is 49.4 Å². The lowest BCUT2D eigenvalue weighted by molar-refractivity contribution is -0.107. The summed E-state index contributed by atoms with van der Waals surface area (Å²) in [4.78, 5) is 22.4. The largest absolute Gasteiger partial charge is 0.369 e. The van der Waals surface area contributed by atoms with Crippen molar-refractivity contribution in [1.82, 2.24) is 9.88 Å². The fraction of sp³-hybridized carbons (Fsp3) is 0.231. The molecule has 1 fully saturated rings. The van der Waals surface area contributed by atoms with Crippen LogP contribution in [0.4, 0.5) is 17.1 Å². The summed E-state index contributed by atoms with van der Waals surface area (Å²) in [5.41, 5.74) is 5.46. The van der Waals surface area contributed by atoms with Gasteiger partial charge in [-0.2, -0.15) is 0 Å². The van der Waals surface area contributed by atoms with Crippen molar-refractivity contribution in [1.29, 1.82) is 0 Å². The number of nitrogens with one attached hydrogen (secondary N) is 1. The first-order chi connectivity index (χ1) is 15.7. The van der Waals surface area contributed by atoms with Gasteiger partial charge in [-0.3, -0.25) is 4.98 Å². The minimum absolute atomic E-state index is 0.469. The van der Waals surface area contributed by atoms with Crippen molar-refractivity contribution in [3.8, 4) is 10.4 Å². The van der Waals surface area contributed by atoms with Gasteiger partial charge in [0.1, 0.15) is 6.29 Å². The van der Waals surface area contributed by atoms with Crippen LogP contribution in [-0.2, 0) is 11.2 Å². The van der Waals surface area contributed by atoms with Crippen LogP contribution in [0, 0.1) is 0 Å². The summed E-state index contributed by atoms with van der Waals surface area (Å²) in [6.45, 7) is 4.34. The molecule has 4 aromatic rings. The Morgan fingerprint density at radius 1 is 1.00 bits per heavy atom. The first-order valence-corrected chi connectivity index (χ1v) is 11.7. The number of rotatable bonds is 6. The van der Waals surface area contributed by atoms with Gasteiger partial charge >= 0.3 is 0 Å². The number of nitrogens with zero attached hydrogens (tertiary/aromatic N) is 3. The summed E-state index contributed by atoms with van der Waals surface area (Å²) >= 11 is 1.66. The van der Waals surface area contributed by atoms with Crippen LogP contribution < -0.4 is 10.2 Å². The number of pyridine rings is 1. The van der Waals surface area contributed by atoms with E-state index in [9.17, 15) is 4.79 Å². The molecule has 1 saturated heterocycles. The molecule has 1 N–H and O–H groups in total. The Bertz CT molecular complexity index is 1230. The van der Waals surface area contributed by atoms with Crippen LogP contribution in [0.3, 0.4) is 0 Å². The second-order valence-corrected chi connectivity index (χ2v) is 9.36. The molecule has 0 bridgehead atoms. The van der Waals surface area contributed by atoms with Gasteiger partial charge < -0.3 is 19.9 Å². The van der Waals surface area contributed by atoms with Crippen molar-refractivity contribution < 1.29 is 4.79 Å². The minimum atomic E-state index is 0.469. The third-order valence-corrected chi connectivity index (χ3v) is 7.14. The van der Waals surface area contributed by atoms with Gasteiger partial charge in [0.05, 0.1) is 5.52 Å². The number of carbonyl (C=O) groups excluding carboxylic acids is 1. The van der Waals surface area contributed by atoms with Crippen molar-refractivity contribution >= 4 is 45.6 Å². The molecule has 5 rings (SSSR count). The van der Waals surface area contributed by atoms with Crippen LogP contribution in [0.1, 0.15) is 4.88 Å². The van der Waals surface area contributed by atoms with Crippen LogP contribution in [0.5, 0.6) is 0 Å². The summed E-state index contributed by atoms with van der Waals surface area (Å²) in [6, 6.07) is 21.2. The van der Waals surface area contributed by atoms with Crippen molar-refractivity contribution in [2.45, 2.75) is 6.42 Å². The van der Waals surface area contributed by atoms with Crippen molar-refractivity contribution in [2.24, 2.45) is 0 Å². The lowest BCUT2D eigenvalue weighted by Crippen LogP contribution is -2.44. The van der Waals surface area contributed by atoms with E-state index in [0.717, 1.165) is 70.1 Å². The molecule has 0 spiro atoms. The fourth-order valence-corrected chi connectivity index (χ4v) is 5.06. The van der Waals surface area contributed by atoms with E-state index in [4.69, 9.17) is 0 Å². The Labute approximate surface area is 192 Å². The minimum Gasteiger partial charge on any atom is -0.369 e. The number of benzene rings is 2. The van der Waals surface area contributed by atoms with Gasteiger partial charge in [-0.05, 0) is 67.2 Å². The predicted octanol–water partition coefficient (Wildman–Crippen LogP) is 5.20. The number of likely N-dealkylation sites (N-methyl/N-ethyl adjacent to an activating group) is 1. The Kier molecular flexibility index (Phi) is 5.88. The zero-order chi connectivity index (χ0) is 21.9. The second kappa shape index (κ2) is 9.10. The summed E-state index contributed by atoms with van der Waals surface area (Å²) in [5.74, 6) is 0. The van der Waals surface area contributed by atoms with E-state index in [1.165, 1.54) is 5.69 Å². The zero-order valence-electron chi connectivity index (χ0n) is 18.1. The van der Waals surface area contributed by atoms with Gasteiger partial charge in [0.15, 0.2) is 0 Å². The summed E-state index contributed by atoms with van der Waals surface area (Å²) in [7, 11) is 2.18. The highest BCUT2D eigenvalue weighted by molar-refractivity contribution is 7.15. The molecule has 2 aromatic carbocycles. The van der Waals surface area contributed by atoms with Gasteiger partial charge in [0, 0.05) is 71.0 Å². The van der Waals surface area contributed by atoms with Crippen molar-refractivity contribution in [2.75, 3.05) is 43.4 Å². The second-order valence-electron chi connectivity index (χ2n) is 8.19. The van der Waals surface area contributed by atoms with Crippen LogP contribution >= 0.6 is 11.3 Å². The normalized spacial score (nSPS) is 14.6. The number of aromatic nitrogens is 1. The smallest absolute Gasteiger partial charge is 0.125 e. The van der Waals surface area contributed by atoms with Gasteiger partial charge in [-0.15, -0.1) is 11.3 Å². The molecule has 3 heterocycles. The number of piperazine rings is 1. The summed E-state index contributed by atoms with van der Waals surface area (Å²) < 4.78 is 0. The molecule has 32 heavy (non-hydrogen) atoms. The molecule has 5 nitrogen and oxygen atoms in total. The Hall–Kier alpha value is -3.22. The molecule has 1 aliphatic rings. The zero-order valence-corrected chi connectivity index (χ0v) is 18.9. The maximum absolute atomic E-state index is 10.8. The lowest BCUT2D eigenvalue weighted by Gasteiger charge is -2.34. The van der Waals surface area contributed by atoms with Gasteiger partial charge in [0.2, 0.25) is 0 Å². The third kappa shape index (κ3) is 4.38. The number of thiophene rings is 1. The number of carbonyl (C=O) groups is 1. The molecule has 0 aliphatic carbocycles. The van der Waals surface area contributed by atoms with Gasteiger partial charge in [-0.1, -0.05) is 6.07 Å². The van der Waals surface area contributed by atoms with Crippen molar-refractivity contribution in [3.63, 3.8) is 0 Å². The Morgan fingerprint density at radius 2 is 1.81 bits per heavy atom. The predicted molar refractivity (Wildman–Crippen MR) is 134 cm³/mol. The van der Waals surface area contributed by atoms with Crippen LogP contribution in [0.25, 0.3) is 21.3 Å². The third-order valence-electron chi connectivity index (χ3n) is 5.99. The Balaban J connectivity index is 1.39. The van der Waals surface area contributed by atoms with Crippen LogP contribution in [0.15, 0.2) is 66.9 Å². The standard InChI is InChI=1S/C26H26N4OS/c1-29-13-15-30(16-14-29)21-5-3-20(4-6-21)28-25-10-12-27-24-8-2-19(18-23(24)25)26-9-7-22(32-26)11-17-31/h2-10,12,17-18H,11,13-16H2,1H3,(H,27,28). The van der Waals surface area contributed by atoms with E-state index in [2.05, 4.69) is 75.7 Å². The number of fused-ring (bicyclic) bond motifs is 1. The molecule has 0 saturated carbocycles. The van der Waals surface area contributed by atoms with Gasteiger partial charge in [-0.25, -0.2) is 0 Å². The topological polar surface area (TPSA) is 48.5 Å². The highest BCUT2D eigenvalue weighted by atomic mass is 32.1. The molecule has 0 unspecified atom stereocenters. The highest BCUT2D eigenvalue weighted by Gasteiger charge is 2.14. The molecular formula is C26H26N4OS.